The number of hydrogen-bond donors (Lipinski definition) is 3. The van der Waals surface area contributed by atoms with Crippen molar-refractivity contribution in [2.24, 2.45) is 0 Å². The second-order valence-electron chi connectivity index (χ2n) is 8.31. The number of amides is 1. The van der Waals surface area contributed by atoms with Crippen LogP contribution in [-0.2, 0) is 13.1 Å². The highest BCUT2D eigenvalue weighted by atomic mass is 16.2. The first-order valence-electron chi connectivity index (χ1n) is 11.8. The highest BCUT2D eigenvalue weighted by Crippen LogP contribution is 2.18. The van der Waals surface area contributed by atoms with Crippen LogP contribution < -0.4 is 27.6 Å². The van der Waals surface area contributed by atoms with Gasteiger partial charge in [-0.2, -0.15) is 0 Å². The van der Waals surface area contributed by atoms with Crippen molar-refractivity contribution in [1.82, 2.24) is 9.13 Å². The summed E-state index contributed by atoms with van der Waals surface area (Å²) in [7, 11) is 0. The number of nitrogen functional groups attached to an aromatic ring is 1. The smallest absolute Gasteiger partial charge is 0.332 e. The summed E-state index contributed by atoms with van der Waals surface area (Å²) in [5.41, 5.74) is 6.81. The lowest BCUT2D eigenvalue weighted by molar-refractivity contribution is 0.0998. The number of carbonyl (C=O) groups excluding carboxylic acids is 2. The summed E-state index contributed by atoms with van der Waals surface area (Å²) < 4.78 is 2.22. The predicted octanol–water partition coefficient (Wildman–Crippen LogP) is 3.21. The minimum atomic E-state index is -0.740. The van der Waals surface area contributed by atoms with E-state index in [1.807, 2.05) is 48.5 Å². The molecule has 0 aliphatic carbocycles. The van der Waals surface area contributed by atoms with E-state index in [1.165, 1.54) is 4.57 Å². The van der Waals surface area contributed by atoms with Gasteiger partial charge in [0, 0.05) is 17.9 Å². The molecule has 0 radical (unpaired) electrons. The molecular formula is C28H27N5O4. The van der Waals surface area contributed by atoms with E-state index in [1.54, 1.807) is 43.3 Å². The Labute approximate surface area is 213 Å². The summed E-state index contributed by atoms with van der Waals surface area (Å²) >= 11 is 0. The Bertz CT molecular complexity index is 1540. The Morgan fingerprint density at radius 3 is 2.14 bits per heavy atom. The lowest BCUT2D eigenvalue weighted by Crippen LogP contribution is -2.44. The van der Waals surface area contributed by atoms with Gasteiger partial charge >= 0.3 is 5.69 Å². The summed E-state index contributed by atoms with van der Waals surface area (Å²) in [6.07, 6.45) is 0. The zero-order valence-electron chi connectivity index (χ0n) is 20.3. The largest absolute Gasteiger partial charge is 0.384 e. The summed E-state index contributed by atoms with van der Waals surface area (Å²) in [4.78, 5) is 52.1. The number of nitrogens with zero attached hydrogens (tertiary/aromatic N) is 2. The molecule has 4 aromatic rings. The van der Waals surface area contributed by atoms with Crippen molar-refractivity contribution >= 4 is 28.9 Å². The molecule has 37 heavy (non-hydrogen) atoms. The lowest BCUT2D eigenvalue weighted by atomic mass is 10.1. The summed E-state index contributed by atoms with van der Waals surface area (Å²) in [6.45, 7) is 1.55. The monoisotopic (exact) mass is 497 g/mol. The molecule has 0 bridgehead atoms. The fourth-order valence-electron chi connectivity index (χ4n) is 3.99. The van der Waals surface area contributed by atoms with E-state index in [0.717, 1.165) is 10.1 Å². The highest BCUT2D eigenvalue weighted by molar-refractivity contribution is 6.09. The van der Waals surface area contributed by atoms with E-state index < -0.39 is 17.0 Å². The van der Waals surface area contributed by atoms with Crippen LogP contribution in [0.2, 0.25) is 0 Å². The highest BCUT2D eigenvalue weighted by Gasteiger charge is 2.23. The van der Waals surface area contributed by atoms with Crippen molar-refractivity contribution in [1.29, 1.82) is 0 Å². The summed E-state index contributed by atoms with van der Waals surface area (Å²) in [5, 5.41) is 5.77. The van der Waals surface area contributed by atoms with Crippen LogP contribution >= 0.6 is 0 Å². The van der Waals surface area contributed by atoms with Crippen molar-refractivity contribution in [2.45, 2.75) is 20.0 Å². The molecule has 9 heteroatoms. The Kier molecular flexibility index (Phi) is 7.63. The Balaban J connectivity index is 1.61. The van der Waals surface area contributed by atoms with Gasteiger partial charge in [0.2, 0.25) is 0 Å². The van der Waals surface area contributed by atoms with E-state index >= 15 is 0 Å². The van der Waals surface area contributed by atoms with Gasteiger partial charge in [-0.1, -0.05) is 60.7 Å². The van der Waals surface area contributed by atoms with E-state index in [2.05, 4.69) is 10.6 Å². The number of hydrogen-bond acceptors (Lipinski definition) is 6. The van der Waals surface area contributed by atoms with Gasteiger partial charge in [0.15, 0.2) is 5.78 Å². The first kappa shape index (κ1) is 25.2. The molecule has 0 unspecified atom stereocenters. The number of anilines is 3. The third kappa shape index (κ3) is 5.51. The molecule has 0 fully saturated rings. The standard InChI is InChI=1S/C28H27N5O4/c1-2-32-27(36)24(25(29)33(28(32)37)18-19-11-5-3-6-12-19)23(34)17-30-22-16-10-9-15-21(22)26(35)31-20-13-7-4-8-14-20/h3-16,30H,2,17-18,29H2,1H3,(H,31,35). The van der Waals surface area contributed by atoms with E-state index in [-0.39, 0.29) is 36.9 Å². The molecular weight excluding hydrogens is 470 g/mol. The van der Waals surface area contributed by atoms with Crippen molar-refractivity contribution in [3.8, 4) is 0 Å². The SMILES string of the molecule is CCn1c(=O)c(C(=O)CNc2ccccc2C(=O)Nc2ccccc2)c(N)n(Cc2ccccc2)c1=O. The van der Waals surface area contributed by atoms with Gasteiger partial charge in [0.25, 0.3) is 11.5 Å². The van der Waals surface area contributed by atoms with E-state index in [4.69, 9.17) is 5.73 Å². The number of aromatic nitrogens is 2. The second-order valence-corrected chi connectivity index (χ2v) is 8.31. The summed E-state index contributed by atoms with van der Waals surface area (Å²) in [6, 6.07) is 24.9. The fourth-order valence-corrected chi connectivity index (χ4v) is 3.99. The zero-order chi connectivity index (χ0) is 26.4. The van der Waals surface area contributed by atoms with Crippen LogP contribution in [0, 0.1) is 0 Å². The molecule has 1 amide bonds. The number of rotatable bonds is 9. The van der Waals surface area contributed by atoms with Crippen LogP contribution in [0.5, 0.6) is 0 Å². The Morgan fingerprint density at radius 1 is 0.838 bits per heavy atom. The topological polar surface area (TPSA) is 128 Å². The molecule has 0 atom stereocenters. The number of para-hydroxylation sites is 2. The maximum absolute atomic E-state index is 13.2. The van der Waals surface area contributed by atoms with Gasteiger partial charge in [0.1, 0.15) is 11.4 Å². The maximum atomic E-state index is 13.2. The van der Waals surface area contributed by atoms with Crippen LogP contribution in [0.15, 0.2) is 94.5 Å². The lowest BCUT2D eigenvalue weighted by Gasteiger charge is -2.16. The van der Waals surface area contributed by atoms with Crippen molar-refractivity contribution < 1.29 is 9.59 Å². The van der Waals surface area contributed by atoms with Crippen LogP contribution in [-0.4, -0.2) is 27.4 Å². The number of Topliss-reactive ketones (excluding diaryl/α,β-unsaturated/α-hetero) is 1. The van der Waals surface area contributed by atoms with Gasteiger partial charge in [-0.05, 0) is 36.8 Å². The molecule has 4 rings (SSSR count). The molecule has 0 saturated heterocycles. The molecule has 3 aromatic carbocycles. The molecule has 9 nitrogen and oxygen atoms in total. The predicted molar refractivity (Wildman–Crippen MR) is 144 cm³/mol. The number of benzene rings is 3. The first-order chi connectivity index (χ1) is 17.9. The molecule has 1 heterocycles. The number of ketones is 1. The average Bonchev–Trinajstić information content (AvgIpc) is 2.91. The van der Waals surface area contributed by atoms with Gasteiger partial charge < -0.3 is 16.4 Å². The van der Waals surface area contributed by atoms with Gasteiger partial charge in [-0.15, -0.1) is 0 Å². The Hall–Kier alpha value is -4.92. The third-order valence-electron chi connectivity index (χ3n) is 5.89. The third-order valence-corrected chi connectivity index (χ3v) is 5.89. The molecule has 1 aromatic heterocycles. The van der Waals surface area contributed by atoms with Gasteiger partial charge in [0.05, 0.1) is 18.7 Å². The normalized spacial score (nSPS) is 10.6. The summed E-state index contributed by atoms with van der Waals surface area (Å²) in [5.74, 6) is -1.14. The Morgan fingerprint density at radius 2 is 1.46 bits per heavy atom. The van der Waals surface area contributed by atoms with Crippen molar-refractivity contribution in [2.75, 3.05) is 22.9 Å². The molecule has 0 aliphatic heterocycles. The van der Waals surface area contributed by atoms with E-state index in [9.17, 15) is 19.2 Å². The maximum Gasteiger partial charge on any atom is 0.332 e. The molecule has 0 spiro atoms. The van der Waals surface area contributed by atoms with Gasteiger partial charge in [-0.3, -0.25) is 23.5 Å². The van der Waals surface area contributed by atoms with Crippen LogP contribution in [0.25, 0.3) is 0 Å². The molecule has 4 N–H and O–H groups in total. The molecule has 0 aliphatic rings. The number of nitrogens with two attached hydrogens (primary N) is 1. The van der Waals surface area contributed by atoms with Crippen molar-refractivity contribution in [3.05, 3.63) is 122 Å². The number of carbonyl (C=O) groups is 2. The second kappa shape index (κ2) is 11.2. The quantitative estimate of drug-likeness (QED) is 0.305. The first-order valence-corrected chi connectivity index (χ1v) is 11.8. The van der Waals surface area contributed by atoms with E-state index in [0.29, 0.717) is 16.9 Å². The molecule has 188 valence electrons. The molecule has 0 saturated carbocycles. The fraction of sp³-hybridized carbons (Fsp3) is 0.143. The average molecular weight is 498 g/mol. The van der Waals surface area contributed by atoms with Crippen molar-refractivity contribution in [3.63, 3.8) is 0 Å². The van der Waals surface area contributed by atoms with Crippen LogP contribution in [0.1, 0.15) is 33.2 Å². The van der Waals surface area contributed by atoms with Gasteiger partial charge in [-0.25, -0.2) is 4.79 Å². The number of nitrogens with one attached hydrogen (secondary N) is 2. The van der Waals surface area contributed by atoms with Crippen LogP contribution in [0.3, 0.4) is 0 Å². The van der Waals surface area contributed by atoms with Crippen LogP contribution in [0.4, 0.5) is 17.2 Å². The minimum absolute atomic E-state index is 0.0862. The zero-order valence-corrected chi connectivity index (χ0v) is 20.3. The minimum Gasteiger partial charge on any atom is -0.384 e.